The molecule has 7 heteroatoms. The standard InChI is InChI=1S/C27H43N3O4/c1-32-11-6-12-34-26-14-20(13-25(16-26)33-2)19-30(24-9-10-24)27(31)21-15-23(18-28-17-21)29-22-7-4-3-5-8-22/h13-14,16,21-24,28-29H,3-12,15,17-19H2,1-2H3. The third-order valence-corrected chi connectivity index (χ3v) is 7.34. The molecule has 1 amide bonds. The molecule has 1 aromatic carbocycles. The molecule has 2 unspecified atom stereocenters. The number of hydrogen-bond acceptors (Lipinski definition) is 6. The Morgan fingerprint density at radius 1 is 1.00 bits per heavy atom. The monoisotopic (exact) mass is 473 g/mol. The molecule has 4 rings (SSSR count). The van der Waals surface area contributed by atoms with E-state index >= 15 is 0 Å². The van der Waals surface area contributed by atoms with Gasteiger partial charge in [0.15, 0.2) is 0 Å². The van der Waals surface area contributed by atoms with Crippen molar-refractivity contribution in [2.24, 2.45) is 5.92 Å². The Morgan fingerprint density at radius 2 is 1.79 bits per heavy atom. The smallest absolute Gasteiger partial charge is 0.227 e. The van der Waals surface area contributed by atoms with Crippen molar-refractivity contribution < 1.29 is 19.0 Å². The molecular weight excluding hydrogens is 430 g/mol. The molecule has 3 aliphatic rings. The number of hydrogen-bond donors (Lipinski definition) is 2. The number of benzene rings is 1. The van der Waals surface area contributed by atoms with Gasteiger partial charge in [-0.2, -0.15) is 0 Å². The van der Waals surface area contributed by atoms with Gasteiger partial charge in [0.05, 0.1) is 19.6 Å². The van der Waals surface area contributed by atoms with Crippen molar-refractivity contribution in [1.82, 2.24) is 15.5 Å². The molecule has 2 atom stereocenters. The predicted octanol–water partition coefficient (Wildman–Crippen LogP) is 3.50. The van der Waals surface area contributed by atoms with Crippen molar-refractivity contribution in [2.45, 2.75) is 82.5 Å². The SMILES string of the molecule is COCCCOc1cc(CN(C(=O)C2CNCC(NC3CCCCC3)C2)C2CC2)cc(OC)c1. The zero-order valence-corrected chi connectivity index (χ0v) is 21.0. The first-order valence-electron chi connectivity index (χ1n) is 13.2. The number of rotatable bonds is 12. The average molecular weight is 474 g/mol. The molecule has 0 bridgehead atoms. The second-order valence-electron chi connectivity index (χ2n) is 10.2. The zero-order chi connectivity index (χ0) is 23.8. The molecular formula is C27H43N3O4. The van der Waals surface area contributed by atoms with Gasteiger partial charge in [-0.3, -0.25) is 4.79 Å². The Kier molecular flexibility index (Phi) is 9.48. The largest absolute Gasteiger partial charge is 0.497 e. The van der Waals surface area contributed by atoms with Gasteiger partial charge in [0.2, 0.25) is 5.91 Å². The molecule has 0 spiro atoms. The number of amides is 1. The maximum atomic E-state index is 13.7. The maximum Gasteiger partial charge on any atom is 0.227 e. The molecule has 2 aliphatic carbocycles. The van der Waals surface area contributed by atoms with Crippen LogP contribution in [0.15, 0.2) is 18.2 Å². The summed E-state index contributed by atoms with van der Waals surface area (Å²) < 4.78 is 16.6. The summed E-state index contributed by atoms with van der Waals surface area (Å²) in [7, 11) is 3.37. The fourth-order valence-corrected chi connectivity index (χ4v) is 5.38. The molecule has 1 saturated heterocycles. The second kappa shape index (κ2) is 12.8. The summed E-state index contributed by atoms with van der Waals surface area (Å²) in [5, 5.41) is 7.39. The van der Waals surface area contributed by atoms with Crippen molar-refractivity contribution in [3.8, 4) is 11.5 Å². The first kappa shape index (κ1) is 25.3. The van der Waals surface area contributed by atoms with Gasteiger partial charge in [-0.25, -0.2) is 0 Å². The Labute approximate surface area is 204 Å². The Morgan fingerprint density at radius 3 is 2.53 bits per heavy atom. The minimum absolute atomic E-state index is 0.0332. The van der Waals surface area contributed by atoms with Crippen LogP contribution in [-0.4, -0.2) is 69.5 Å². The van der Waals surface area contributed by atoms with Crippen LogP contribution in [0.3, 0.4) is 0 Å². The van der Waals surface area contributed by atoms with E-state index in [-0.39, 0.29) is 11.8 Å². The first-order chi connectivity index (χ1) is 16.7. The third-order valence-electron chi connectivity index (χ3n) is 7.34. The van der Waals surface area contributed by atoms with Gasteiger partial charge < -0.3 is 29.7 Å². The summed E-state index contributed by atoms with van der Waals surface area (Å²) in [4.78, 5) is 15.8. The highest BCUT2D eigenvalue weighted by Gasteiger charge is 2.38. The van der Waals surface area contributed by atoms with Gasteiger partial charge in [-0.05, 0) is 49.8 Å². The fourth-order valence-electron chi connectivity index (χ4n) is 5.38. The van der Waals surface area contributed by atoms with E-state index in [0.717, 1.165) is 55.8 Å². The molecule has 34 heavy (non-hydrogen) atoms. The quantitative estimate of drug-likeness (QED) is 0.453. The van der Waals surface area contributed by atoms with Crippen LogP contribution >= 0.6 is 0 Å². The number of piperidine rings is 1. The highest BCUT2D eigenvalue weighted by molar-refractivity contribution is 5.80. The van der Waals surface area contributed by atoms with Crippen molar-refractivity contribution in [2.75, 3.05) is 40.5 Å². The van der Waals surface area contributed by atoms with E-state index in [4.69, 9.17) is 14.2 Å². The molecule has 3 fully saturated rings. The normalized spacial score (nSPS) is 23.5. The fraction of sp³-hybridized carbons (Fsp3) is 0.741. The van der Waals surface area contributed by atoms with E-state index in [2.05, 4.69) is 15.5 Å². The van der Waals surface area contributed by atoms with Crippen molar-refractivity contribution in [3.63, 3.8) is 0 Å². The van der Waals surface area contributed by atoms with Crippen LogP contribution in [0.1, 0.15) is 63.4 Å². The van der Waals surface area contributed by atoms with Crippen LogP contribution in [0.25, 0.3) is 0 Å². The molecule has 0 aromatic heterocycles. The van der Waals surface area contributed by atoms with E-state index in [0.29, 0.717) is 37.9 Å². The van der Waals surface area contributed by atoms with Crippen LogP contribution in [0.2, 0.25) is 0 Å². The van der Waals surface area contributed by atoms with Crippen LogP contribution in [-0.2, 0) is 16.1 Å². The summed E-state index contributed by atoms with van der Waals surface area (Å²) in [5.41, 5.74) is 1.06. The number of nitrogens with zero attached hydrogens (tertiary/aromatic N) is 1. The van der Waals surface area contributed by atoms with Crippen molar-refractivity contribution in [3.05, 3.63) is 23.8 Å². The second-order valence-corrected chi connectivity index (χ2v) is 10.2. The molecule has 2 N–H and O–H groups in total. The van der Waals surface area contributed by atoms with Gasteiger partial charge >= 0.3 is 0 Å². The topological polar surface area (TPSA) is 72.1 Å². The highest BCUT2D eigenvalue weighted by atomic mass is 16.5. The number of nitrogens with one attached hydrogen (secondary N) is 2. The molecule has 2 saturated carbocycles. The van der Waals surface area contributed by atoms with Gasteiger partial charge in [0.25, 0.3) is 0 Å². The molecule has 1 aromatic rings. The lowest BCUT2D eigenvalue weighted by molar-refractivity contribution is -0.137. The van der Waals surface area contributed by atoms with Crippen LogP contribution in [0.4, 0.5) is 0 Å². The summed E-state index contributed by atoms with van der Waals surface area (Å²) in [6.45, 7) is 3.61. The van der Waals surface area contributed by atoms with Gasteiger partial charge in [0.1, 0.15) is 11.5 Å². The number of carbonyl (C=O) groups excluding carboxylic acids is 1. The number of ether oxygens (including phenoxy) is 3. The van der Waals surface area contributed by atoms with E-state index in [1.807, 2.05) is 18.2 Å². The zero-order valence-electron chi connectivity index (χ0n) is 21.0. The van der Waals surface area contributed by atoms with Gasteiger partial charge in [-0.1, -0.05) is 19.3 Å². The van der Waals surface area contributed by atoms with Crippen molar-refractivity contribution >= 4 is 5.91 Å². The Bertz CT molecular complexity index is 779. The third kappa shape index (κ3) is 7.33. The Balaban J connectivity index is 1.38. The van der Waals surface area contributed by atoms with Crippen molar-refractivity contribution in [1.29, 1.82) is 0 Å². The first-order valence-corrected chi connectivity index (χ1v) is 13.2. The highest BCUT2D eigenvalue weighted by Crippen LogP contribution is 2.33. The lowest BCUT2D eigenvalue weighted by Gasteiger charge is -2.36. The lowest BCUT2D eigenvalue weighted by Crippen LogP contribution is -2.54. The summed E-state index contributed by atoms with van der Waals surface area (Å²) in [5.74, 6) is 1.87. The van der Waals surface area contributed by atoms with E-state index in [1.165, 1.54) is 32.1 Å². The summed E-state index contributed by atoms with van der Waals surface area (Å²) in [6, 6.07) is 7.34. The number of carbonyl (C=O) groups is 1. The minimum Gasteiger partial charge on any atom is -0.497 e. The number of methoxy groups -OCH3 is 2. The minimum atomic E-state index is 0.0332. The van der Waals surface area contributed by atoms with Gasteiger partial charge in [-0.15, -0.1) is 0 Å². The lowest BCUT2D eigenvalue weighted by atomic mass is 9.90. The van der Waals surface area contributed by atoms with E-state index in [9.17, 15) is 4.79 Å². The molecule has 7 nitrogen and oxygen atoms in total. The summed E-state index contributed by atoms with van der Waals surface area (Å²) >= 11 is 0. The summed E-state index contributed by atoms with van der Waals surface area (Å²) in [6.07, 6.45) is 10.5. The van der Waals surface area contributed by atoms with Crippen LogP contribution in [0, 0.1) is 5.92 Å². The van der Waals surface area contributed by atoms with E-state index in [1.54, 1.807) is 14.2 Å². The van der Waals surface area contributed by atoms with Crippen LogP contribution in [0.5, 0.6) is 11.5 Å². The Hall–Kier alpha value is -1.83. The van der Waals surface area contributed by atoms with E-state index < -0.39 is 0 Å². The molecule has 0 radical (unpaired) electrons. The molecule has 1 heterocycles. The molecule has 190 valence electrons. The maximum absolute atomic E-state index is 13.7. The molecule has 1 aliphatic heterocycles. The average Bonchev–Trinajstić information content (AvgIpc) is 3.71. The predicted molar refractivity (Wildman–Crippen MR) is 133 cm³/mol. The van der Waals surface area contributed by atoms with Crippen LogP contribution < -0.4 is 20.1 Å². The van der Waals surface area contributed by atoms with Gasteiger partial charge in [0, 0.05) is 64.0 Å².